The fraction of sp³-hybridized carbons (Fsp3) is 0.429. The van der Waals surface area contributed by atoms with Gasteiger partial charge >= 0.3 is 0 Å². The molecule has 0 aliphatic rings. The van der Waals surface area contributed by atoms with Crippen molar-refractivity contribution in [1.82, 2.24) is 5.32 Å². The van der Waals surface area contributed by atoms with Gasteiger partial charge in [0.1, 0.15) is 0 Å². The number of methoxy groups -OCH3 is 1. The Hall–Kier alpha value is -1.19. The average molecular weight is 270 g/mol. The number of hydrogen-bond donors (Lipinski definition) is 1. The van der Waals surface area contributed by atoms with Crippen molar-refractivity contribution in [3.63, 3.8) is 0 Å². The maximum absolute atomic E-state index is 6.06. The van der Waals surface area contributed by atoms with E-state index in [-0.39, 0.29) is 0 Å². The van der Waals surface area contributed by atoms with E-state index >= 15 is 0 Å². The molecule has 0 spiro atoms. The van der Waals surface area contributed by atoms with Gasteiger partial charge in [-0.3, -0.25) is 0 Å². The van der Waals surface area contributed by atoms with Crippen LogP contribution in [-0.2, 0) is 6.54 Å². The largest absolute Gasteiger partial charge is 0.493 e. The Labute approximate surface area is 114 Å². The Morgan fingerprint density at radius 2 is 2.22 bits per heavy atom. The molecule has 0 aliphatic heterocycles. The van der Waals surface area contributed by atoms with Gasteiger partial charge in [0, 0.05) is 23.2 Å². The summed E-state index contributed by atoms with van der Waals surface area (Å²) in [6.45, 7) is 7.91. The van der Waals surface area contributed by atoms with Crippen molar-refractivity contribution >= 4 is 11.6 Å². The number of halogens is 1. The van der Waals surface area contributed by atoms with E-state index in [1.165, 1.54) is 0 Å². The smallest absolute Gasteiger partial charge is 0.165 e. The van der Waals surface area contributed by atoms with E-state index in [0.717, 1.165) is 24.3 Å². The molecule has 0 heterocycles. The van der Waals surface area contributed by atoms with Gasteiger partial charge in [-0.1, -0.05) is 24.6 Å². The Bertz CT molecular complexity index is 394. The van der Waals surface area contributed by atoms with Crippen molar-refractivity contribution in [2.24, 2.45) is 0 Å². The molecule has 0 bridgehead atoms. The Balaban J connectivity index is 2.95. The number of benzene rings is 1. The van der Waals surface area contributed by atoms with Gasteiger partial charge in [0.05, 0.1) is 13.7 Å². The topological polar surface area (TPSA) is 30.5 Å². The van der Waals surface area contributed by atoms with Crippen LogP contribution >= 0.6 is 11.6 Å². The minimum Gasteiger partial charge on any atom is -0.493 e. The van der Waals surface area contributed by atoms with Crippen molar-refractivity contribution in [3.8, 4) is 11.5 Å². The summed E-state index contributed by atoms with van der Waals surface area (Å²) < 4.78 is 11.1. The monoisotopic (exact) mass is 269 g/mol. The molecule has 0 atom stereocenters. The third kappa shape index (κ3) is 4.24. The molecular formula is C14H20ClNO2. The van der Waals surface area contributed by atoms with E-state index in [2.05, 4.69) is 18.8 Å². The lowest BCUT2D eigenvalue weighted by atomic mass is 10.2. The lowest BCUT2D eigenvalue weighted by molar-refractivity contribution is 0.296. The Kier molecular flexibility index (Phi) is 6.61. The first-order chi connectivity index (χ1) is 8.72. The molecule has 0 saturated heterocycles. The van der Waals surface area contributed by atoms with Gasteiger partial charge < -0.3 is 14.8 Å². The van der Waals surface area contributed by atoms with Crippen LogP contribution in [0.4, 0.5) is 0 Å². The summed E-state index contributed by atoms with van der Waals surface area (Å²) in [5.41, 5.74) is 1.00. The highest BCUT2D eigenvalue weighted by molar-refractivity contribution is 6.30. The van der Waals surface area contributed by atoms with Crippen LogP contribution in [0.25, 0.3) is 0 Å². The molecule has 0 unspecified atom stereocenters. The van der Waals surface area contributed by atoms with Crippen LogP contribution in [0.3, 0.4) is 0 Å². The molecule has 0 aliphatic carbocycles. The van der Waals surface area contributed by atoms with E-state index < -0.39 is 0 Å². The summed E-state index contributed by atoms with van der Waals surface area (Å²) in [7, 11) is 1.61. The van der Waals surface area contributed by atoms with Crippen LogP contribution in [0.2, 0.25) is 5.02 Å². The summed E-state index contributed by atoms with van der Waals surface area (Å²) in [5, 5.41) is 3.91. The molecule has 1 aromatic carbocycles. The van der Waals surface area contributed by atoms with Crippen molar-refractivity contribution in [1.29, 1.82) is 0 Å². The van der Waals surface area contributed by atoms with Gasteiger partial charge in [0.15, 0.2) is 11.5 Å². The van der Waals surface area contributed by atoms with Gasteiger partial charge in [-0.15, -0.1) is 6.58 Å². The summed E-state index contributed by atoms with van der Waals surface area (Å²) in [4.78, 5) is 0. The van der Waals surface area contributed by atoms with Crippen LogP contribution in [0, 0.1) is 0 Å². The predicted octanol–water partition coefficient (Wildman–Crippen LogP) is 3.41. The lowest BCUT2D eigenvalue weighted by Crippen LogP contribution is -2.13. The van der Waals surface area contributed by atoms with Crippen LogP contribution < -0.4 is 14.8 Å². The number of ether oxygens (including phenoxy) is 2. The minimum absolute atomic E-state index is 0.584. The van der Waals surface area contributed by atoms with Crippen LogP contribution in [0.1, 0.15) is 18.9 Å². The highest BCUT2D eigenvalue weighted by Gasteiger charge is 2.12. The molecule has 0 saturated carbocycles. The van der Waals surface area contributed by atoms with Gasteiger partial charge in [-0.2, -0.15) is 0 Å². The zero-order valence-corrected chi connectivity index (χ0v) is 11.7. The molecule has 1 rings (SSSR count). The third-order valence-electron chi connectivity index (χ3n) is 2.45. The molecule has 4 heteroatoms. The highest BCUT2D eigenvalue weighted by Crippen LogP contribution is 2.34. The molecule has 0 fully saturated rings. The molecule has 0 radical (unpaired) electrons. The molecule has 1 N–H and O–H groups in total. The molecule has 1 aromatic rings. The van der Waals surface area contributed by atoms with Crippen molar-refractivity contribution < 1.29 is 9.47 Å². The molecule has 0 aromatic heterocycles. The zero-order valence-electron chi connectivity index (χ0n) is 11.0. The van der Waals surface area contributed by atoms with Gasteiger partial charge in [-0.05, 0) is 19.0 Å². The summed E-state index contributed by atoms with van der Waals surface area (Å²) in [6.07, 6.45) is 2.62. The average Bonchev–Trinajstić information content (AvgIpc) is 2.37. The van der Waals surface area contributed by atoms with Crippen LogP contribution in [0.15, 0.2) is 24.8 Å². The first-order valence-corrected chi connectivity index (χ1v) is 6.41. The highest BCUT2D eigenvalue weighted by atomic mass is 35.5. The maximum Gasteiger partial charge on any atom is 0.165 e. The van der Waals surface area contributed by atoms with Gasteiger partial charge in [0.25, 0.3) is 0 Å². The predicted molar refractivity (Wildman–Crippen MR) is 75.7 cm³/mol. The van der Waals surface area contributed by atoms with Gasteiger partial charge in [-0.25, -0.2) is 0 Å². The van der Waals surface area contributed by atoms with Crippen molar-refractivity contribution in [2.75, 3.05) is 20.3 Å². The summed E-state index contributed by atoms with van der Waals surface area (Å²) in [5.74, 6) is 1.42. The second-order valence-corrected chi connectivity index (χ2v) is 4.24. The molecular weight excluding hydrogens is 250 g/mol. The first-order valence-electron chi connectivity index (χ1n) is 6.03. The third-order valence-corrected chi connectivity index (χ3v) is 2.67. The summed E-state index contributed by atoms with van der Waals surface area (Å²) >= 11 is 6.06. The normalized spacial score (nSPS) is 10.2. The second-order valence-electron chi connectivity index (χ2n) is 3.80. The quantitative estimate of drug-likeness (QED) is 0.579. The molecule has 3 nitrogen and oxygen atoms in total. The SMILES string of the molecule is C=CCCOc1c(CNCC)cc(Cl)cc1OC. The Morgan fingerprint density at radius 1 is 1.44 bits per heavy atom. The Morgan fingerprint density at radius 3 is 2.83 bits per heavy atom. The number of rotatable bonds is 8. The first kappa shape index (κ1) is 14.9. The minimum atomic E-state index is 0.584. The van der Waals surface area contributed by atoms with Crippen LogP contribution in [0.5, 0.6) is 11.5 Å². The summed E-state index contributed by atoms with van der Waals surface area (Å²) in [6, 6.07) is 3.66. The van der Waals surface area contributed by atoms with Crippen molar-refractivity contribution in [2.45, 2.75) is 19.9 Å². The standard InChI is InChI=1S/C14H20ClNO2/c1-4-6-7-18-14-11(10-16-5-2)8-12(15)9-13(14)17-3/h4,8-9,16H,1,5-7,10H2,2-3H3. The molecule has 0 amide bonds. The van der Waals surface area contributed by atoms with E-state index in [0.29, 0.717) is 23.9 Å². The van der Waals surface area contributed by atoms with E-state index in [1.807, 2.05) is 12.1 Å². The van der Waals surface area contributed by atoms with Crippen molar-refractivity contribution in [3.05, 3.63) is 35.4 Å². The second kappa shape index (κ2) is 8.01. The van der Waals surface area contributed by atoms with E-state index in [1.54, 1.807) is 13.2 Å². The number of hydrogen-bond acceptors (Lipinski definition) is 3. The zero-order chi connectivity index (χ0) is 13.4. The van der Waals surface area contributed by atoms with Gasteiger partial charge in [0.2, 0.25) is 0 Å². The molecule has 18 heavy (non-hydrogen) atoms. The number of nitrogens with one attached hydrogen (secondary N) is 1. The van der Waals surface area contributed by atoms with E-state index in [9.17, 15) is 0 Å². The maximum atomic E-state index is 6.06. The molecule has 100 valence electrons. The van der Waals surface area contributed by atoms with E-state index in [4.69, 9.17) is 21.1 Å². The fourth-order valence-electron chi connectivity index (χ4n) is 1.57. The lowest BCUT2D eigenvalue weighted by Gasteiger charge is -2.15. The fourth-order valence-corrected chi connectivity index (χ4v) is 1.80. The van der Waals surface area contributed by atoms with Crippen LogP contribution in [-0.4, -0.2) is 20.3 Å².